The van der Waals surface area contributed by atoms with Gasteiger partial charge in [-0.1, -0.05) is 25.7 Å². The maximum atomic E-state index is 14.2. The topological polar surface area (TPSA) is 401 Å². The lowest BCUT2D eigenvalue weighted by molar-refractivity contribution is -0.180. The second-order valence-corrected chi connectivity index (χ2v) is 14.4. The first-order valence-electron chi connectivity index (χ1n) is 20.2. The van der Waals surface area contributed by atoms with E-state index in [0.29, 0.717) is 0 Å². The molecule has 0 amide bonds. The van der Waals surface area contributed by atoms with E-state index in [0.717, 1.165) is 0 Å². The van der Waals surface area contributed by atoms with Crippen molar-refractivity contribution >= 4 is 35.8 Å². The van der Waals surface area contributed by atoms with E-state index in [-0.39, 0.29) is 64.2 Å². The van der Waals surface area contributed by atoms with Gasteiger partial charge in [-0.2, -0.15) is 0 Å². The van der Waals surface area contributed by atoms with Crippen LogP contribution in [-0.4, -0.2) is 213 Å². The molecule has 62 heavy (non-hydrogen) atoms. The van der Waals surface area contributed by atoms with E-state index in [4.69, 9.17) is 38.6 Å². The van der Waals surface area contributed by atoms with Gasteiger partial charge in [0.25, 0.3) is 0 Å². The molecule has 0 aromatic carbocycles. The number of hydrogen-bond donors (Lipinski definition) is 12. The number of ether oxygens (including phenoxy) is 6. The molecule has 0 radical (unpaired) electrons. The number of unbranched alkanes of at least 4 members (excludes halogenated alkanes) is 4. The van der Waals surface area contributed by atoms with Crippen LogP contribution in [0.4, 0.5) is 0 Å². The summed E-state index contributed by atoms with van der Waals surface area (Å²) >= 11 is 0. The van der Waals surface area contributed by atoms with Gasteiger partial charge in [-0.15, -0.1) is 0 Å². The van der Waals surface area contributed by atoms with Crippen LogP contribution in [0.3, 0.4) is 0 Å². The molecule has 362 valence electrons. The average molecular weight is 907 g/mol. The fourth-order valence-electron chi connectivity index (χ4n) is 5.59. The Morgan fingerprint density at radius 1 is 0.323 bits per heavy atom. The molecule has 24 nitrogen and oxygen atoms in total. The van der Waals surface area contributed by atoms with Crippen molar-refractivity contribution in [3.63, 3.8) is 0 Å². The summed E-state index contributed by atoms with van der Waals surface area (Å²) in [6.45, 7) is -9.28. The molecule has 12 N–H and O–H groups in total. The molecule has 0 aliphatic rings. The third-order valence-corrected chi connectivity index (χ3v) is 9.01. The van der Waals surface area contributed by atoms with Gasteiger partial charge < -0.3 is 89.7 Å². The van der Waals surface area contributed by atoms with E-state index < -0.39 is 175 Å². The molecular weight excluding hydrogens is 840 g/mol. The van der Waals surface area contributed by atoms with Crippen molar-refractivity contribution in [1.82, 2.24) is 0 Å². The first-order chi connectivity index (χ1) is 29.5. The summed E-state index contributed by atoms with van der Waals surface area (Å²) in [4.78, 5) is 80.5. The number of aliphatic hydroxyl groups excluding tert-OH is 12. The van der Waals surface area contributed by atoms with Gasteiger partial charge in [-0.25, -0.2) is 0 Å². The zero-order chi connectivity index (χ0) is 47.0. The molecule has 0 aliphatic carbocycles. The summed E-state index contributed by atoms with van der Waals surface area (Å²) in [6, 6.07) is 0. The summed E-state index contributed by atoms with van der Waals surface area (Å²) in [6.07, 6.45) is -9.89. The minimum Gasteiger partial charge on any atom is -0.463 e. The largest absolute Gasteiger partial charge is 0.463 e. The van der Waals surface area contributed by atoms with E-state index in [1.807, 2.05) is 0 Å². The molecule has 0 fully saturated rings. The minimum atomic E-state index is -2.11. The summed E-state index contributed by atoms with van der Waals surface area (Å²) in [5.41, 5.74) is 0. The maximum Gasteiger partial charge on any atom is 0.310 e. The van der Waals surface area contributed by atoms with Crippen molar-refractivity contribution in [3.05, 3.63) is 0 Å². The van der Waals surface area contributed by atoms with Crippen LogP contribution >= 0.6 is 0 Å². The Kier molecular flexibility index (Phi) is 32.7. The Bertz CT molecular complexity index is 1170. The van der Waals surface area contributed by atoms with Crippen LogP contribution in [0, 0.1) is 23.7 Å². The van der Waals surface area contributed by atoms with Gasteiger partial charge in [0.2, 0.25) is 0 Å². The van der Waals surface area contributed by atoms with Crippen LogP contribution in [0.5, 0.6) is 0 Å². The van der Waals surface area contributed by atoms with Crippen LogP contribution in [-0.2, 0) is 57.2 Å². The Morgan fingerprint density at radius 3 is 0.823 bits per heavy atom. The van der Waals surface area contributed by atoms with Gasteiger partial charge in [0, 0.05) is 12.8 Å². The Hall–Kier alpha value is -3.66. The quantitative estimate of drug-likeness (QED) is 0.0157. The molecule has 0 saturated heterocycles. The molecule has 24 heteroatoms. The number of hydrogen-bond acceptors (Lipinski definition) is 24. The standard InChI is InChI=1S/C38H66O24/c39-11-23(45)17-57-31(51)9-5-1-3-7-29(35(53)59-19-25(47)13-41)33(37(55)61-21-27(49)15-43)34(38(56)62-22-28(50)16-44)30(36(54)60-20-26(48)14-42)8-4-2-6-10-32(52)58-18-24(46)12-40/h23-30,33-34,39-50H,1-22H2. The van der Waals surface area contributed by atoms with Crippen LogP contribution in [0.15, 0.2) is 0 Å². The molecule has 0 aliphatic heterocycles. The van der Waals surface area contributed by atoms with Crippen molar-refractivity contribution in [2.24, 2.45) is 23.7 Å². The third-order valence-electron chi connectivity index (χ3n) is 9.01. The summed E-state index contributed by atoms with van der Waals surface area (Å²) in [5, 5.41) is 114. The fraction of sp³-hybridized carbons (Fsp3) is 0.842. The van der Waals surface area contributed by atoms with Crippen molar-refractivity contribution in [1.29, 1.82) is 0 Å². The first-order valence-corrected chi connectivity index (χ1v) is 20.2. The molecule has 0 bridgehead atoms. The van der Waals surface area contributed by atoms with Gasteiger partial charge in [0.05, 0.1) is 63.3 Å². The summed E-state index contributed by atoms with van der Waals surface area (Å²) in [7, 11) is 0. The first kappa shape index (κ1) is 58.3. The van der Waals surface area contributed by atoms with Gasteiger partial charge in [-0.3, -0.25) is 28.8 Å². The molecule has 0 rings (SSSR count). The smallest absolute Gasteiger partial charge is 0.310 e. The van der Waals surface area contributed by atoms with E-state index in [9.17, 15) is 79.8 Å². The van der Waals surface area contributed by atoms with Crippen molar-refractivity contribution in [2.75, 3.05) is 79.3 Å². The molecule has 0 aromatic rings. The monoisotopic (exact) mass is 906 g/mol. The molecular formula is C38H66O24. The van der Waals surface area contributed by atoms with E-state index in [1.165, 1.54) is 0 Å². The molecule has 10 atom stereocenters. The third kappa shape index (κ3) is 25.4. The van der Waals surface area contributed by atoms with Gasteiger partial charge in [0.1, 0.15) is 76.3 Å². The van der Waals surface area contributed by atoms with Crippen molar-refractivity contribution in [2.45, 2.75) is 101 Å². The second-order valence-electron chi connectivity index (χ2n) is 14.4. The number of carbonyl (C=O) groups excluding carboxylic acids is 6. The summed E-state index contributed by atoms with van der Waals surface area (Å²) < 4.78 is 30.6. The van der Waals surface area contributed by atoms with Gasteiger partial charge in [0.15, 0.2) is 0 Å². The predicted octanol–water partition coefficient (Wildman–Crippen LogP) is -5.27. The molecule has 0 heterocycles. The Morgan fingerprint density at radius 2 is 0.565 bits per heavy atom. The number of aliphatic hydroxyl groups is 12. The predicted molar refractivity (Wildman–Crippen MR) is 204 cm³/mol. The number of carbonyl (C=O) groups is 6. The Labute approximate surface area is 357 Å². The molecule has 0 spiro atoms. The van der Waals surface area contributed by atoms with E-state index >= 15 is 0 Å². The van der Waals surface area contributed by atoms with Crippen LogP contribution in [0.1, 0.15) is 64.2 Å². The maximum absolute atomic E-state index is 14.2. The highest BCUT2D eigenvalue weighted by Crippen LogP contribution is 2.38. The molecule has 0 aromatic heterocycles. The van der Waals surface area contributed by atoms with Crippen LogP contribution in [0.2, 0.25) is 0 Å². The van der Waals surface area contributed by atoms with Gasteiger partial charge in [-0.05, 0) is 25.7 Å². The highest BCUT2D eigenvalue weighted by atomic mass is 16.6. The highest BCUT2D eigenvalue weighted by molar-refractivity contribution is 5.90. The van der Waals surface area contributed by atoms with E-state index in [2.05, 4.69) is 0 Å². The zero-order valence-corrected chi connectivity index (χ0v) is 34.6. The zero-order valence-electron chi connectivity index (χ0n) is 34.6. The van der Waals surface area contributed by atoms with Crippen molar-refractivity contribution in [3.8, 4) is 0 Å². The van der Waals surface area contributed by atoms with Crippen LogP contribution in [0.25, 0.3) is 0 Å². The Balaban J connectivity index is 7.19. The fourth-order valence-corrected chi connectivity index (χ4v) is 5.59. The highest BCUT2D eigenvalue weighted by Gasteiger charge is 2.51. The van der Waals surface area contributed by atoms with Crippen molar-refractivity contribution < 1.29 is 118 Å². The van der Waals surface area contributed by atoms with Crippen LogP contribution < -0.4 is 0 Å². The SMILES string of the molecule is O=C(CCCCCC(C(=O)OCC(O)CO)C(C(=O)OCC(O)CO)C(C(=O)OCC(O)CO)C(CCCCCC(=O)OCC(O)CO)C(=O)OCC(O)CO)OCC(O)CO. The molecule has 0 saturated carbocycles. The summed E-state index contributed by atoms with van der Waals surface area (Å²) in [5.74, 6) is -14.7. The number of esters is 6. The lowest BCUT2D eigenvalue weighted by Crippen LogP contribution is -2.48. The second kappa shape index (κ2) is 34.8. The molecule has 10 unspecified atom stereocenters. The van der Waals surface area contributed by atoms with E-state index in [1.54, 1.807) is 0 Å². The lowest BCUT2D eigenvalue weighted by Gasteiger charge is -2.34. The lowest BCUT2D eigenvalue weighted by atomic mass is 9.71. The average Bonchev–Trinajstić information content (AvgIpc) is 3.27. The normalized spacial score (nSPS) is 16.3. The van der Waals surface area contributed by atoms with Gasteiger partial charge >= 0.3 is 35.8 Å². The number of rotatable bonds is 37. The minimum absolute atomic E-state index is 0.0217.